The van der Waals surface area contributed by atoms with E-state index in [0.29, 0.717) is 41.2 Å². The van der Waals surface area contributed by atoms with E-state index in [4.69, 9.17) is 21.2 Å². The van der Waals surface area contributed by atoms with Crippen molar-refractivity contribution in [1.29, 1.82) is 0 Å². The van der Waals surface area contributed by atoms with Crippen LogP contribution in [-0.2, 0) is 9.63 Å². The summed E-state index contributed by atoms with van der Waals surface area (Å²) >= 11 is 6.16. The van der Waals surface area contributed by atoms with Gasteiger partial charge < -0.3 is 20.3 Å². The average Bonchev–Trinajstić information content (AvgIpc) is 3.76. The number of benzene rings is 2. The number of hydrogen-bond donors (Lipinski definition) is 2. The summed E-state index contributed by atoms with van der Waals surface area (Å²) in [7, 11) is 1.57. The standard InChI is InChI=1S/C30H32ClF2N7O3/c1-3-28(41)37-21-14-22(25(42-2)15-24(21)39-11-9-38(10-12-39)18-4-5-18)36-26-16-27(35-17-34-26)40-23(8-13-43-40)29-19(32)6-7-20(33)30(29)31/h3,6-7,14-18,23H,1,4-5,8-13H2,2H3,(H,37,41)(H,34,35,36)/t23-/m1/s1. The van der Waals surface area contributed by atoms with E-state index in [-0.39, 0.29) is 23.1 Å². The molecule has 43 heavy (non-hydrogen) atoms. The zero-order chi connectivity index (χ0) is 30.1. The molecule has 1 aromatic heterocycles. The number of piperazine rings is 1. The quantitative estimate of drug-likeness (QED) is 0.242. The van der Waals surface area contributed by atoms with Gasteiger partial charge in [-0.3, -0.25) is 14.5 Å². The minimum absolute atomic E-state index is 0.00473. The summed E-state index contributed by atoms with van der Waals surface area (Å²) in [6.07, 6.45) is 5.46. The molecule has 2 saturated heterocycles. The Morgan fingerprint density at radius 1 is 1.09 bits per heavy atom. The van der Waals surface area contributed by atoms with Crippen molar-refractivity contribution in [2.45, 2.75) is 31.3 Å². The van der Waals surface area contributed by atoms with Crippen molar-refractivity contribution in [3.8, 4) is 5.75 Å². The van der Waals surface area contributed by atoms with Crippen molar-refractivity contribution in [2.24, 2.45) is 0 Å². The largest absolute Gasteiger partial charge is 0.494 e. The fraction of sp³-hybridized carbons (Fsp3) is 0.367. The number of nitrogens with zero attached hydrogens (tertiary/aromatic N) is 5. The monoisotopic (exact) mass is 611 g/mol. The highest BCUT2D eigenvalue weighted by molar-refractivity contribution is 6.31. The number of carbonyl (C=O) groups excluding carboxylic acids is 1. The zero-order valence-corrected chi connectivity index (χ0v) is 24.4. The van der Waals surface area contributed by atoms with E-state index in [0.717, 1.165) is 44.0 Å². The lowest BCUT2D eigenvalue weighted by molar-refractivity contribution is -0.111. The molecule has 0 bridgehead atoms. The molecule has 1 aliphatic carbocycles. The van der Waals surface area contributed by atoms with Crippen LogP contribution in [0.4, 0.5) is 37.5 Å². The number of carbonyl (C=O) groups is 1. The lowest BCUT2D eigenvalue weighted by atomic mass is 10.0. The lowest BCUT2D eigenvalue weighted by Crippen LogP contribution is -2.47. The van der Waals surface area contributed by atoms with Crippen LogP contribution in [0.5, 0.6) is 5.75 Å². The predicted molar refractivity (Wildman–Crippen MR) is 161 cm³/mol. The van der Waals surface area contributed by atoms with Crippen LogP contribution in [0.15, 0.2) is 49.3 Å². The molecule has 3 aliphatic rings. The average molecular weight is 612 g/mol. The molecule has 1 atom stereocenters. The fourth-order valence-corrected chi connectivity index (χ4v) is 5.91. The van der Waals surface area contributed by atoms with Gasteiger partial charge in [0.1, 0.15) is 29.5 Å². The maximum atomic E-state index is 14.8. The summed E-state index contributed by atoms with van der Waals surface area (Å²) in [4.78, 5) is 31.6. The number of methoxy groups -OCH3 is 1. The number of rotatable bonds is 9. The van der Waals surface area contributed by atoms with Crippen molar-refractivity contribution >= 4 is 46.2 Å². The number of ether oxygens (including phenoxy) is 1. The van der Waals surface area contributed by atoms with E-state index < -0.39 is 17.7 Å². The van der Waals surface area contributed by atoms with Gasteiger partial charge in [-0.25, -0.2) is 23.8 Å². The molecule has 0 unspecified atom stereocenters. The van der Waals surface area contributed by atoms with Gasteiger partial charge >= 0.3 is 0 Å². The smallest absolute Gasteiger partial charge is 0.247 e. The van der Waals surface area contributed by atoms with Crippen LogP contribution in [-0.4, -0.2) is 66.7 Å². The Labute approximate surface area is 253 Å². The minimum Gasteiger partial charge on any atom is -0.494 e. The van der Waals surface area contributed by atoms with Crippen LogP contribution in [0.3, 0.4) is 0 Å². The highest BCUT2D eigenvalue weighted by Crippen LogP contribution is 2.42. The number of nitrogens with one attached hydrogen (secondary N) is 2. The normalized spacial score (nSPS) is 18.9. The van der Waals surface area contributed by atoms with Gasteiger partial charge in [-0.15, -0.1) is 0 Å². The molecule has 2 aromatic carbocycles. The molecule has 1 amide bonds. The Balaban J connectivity index is 1.28. The summed E-state index contributed by atoms with van der Waals surface area (Å²) in [6, 6.07) is 7.35. The first kappa shape index (κ1) is 29.1. The highest BCUT2D eigenvalue weighted by atomic mass is 35.5. The Morgan fingerprint density at radius 3 is 2.58 bits per heavy atom. The summed E-state index contributed by atoms with van der Waals surface area (Å²) in [6.45, 7) is 7.41. The van der Waals surface area contributed by atoms with Gasteiger partial charge in [0, 0.05) is 56.3 Å². The molecule has 0 radical (unpaired) electrons. The fourth-order valence-electron chi connectivity index (χ4n) is 5.63. The molecule has 1 saturated carbocycles. The van der Waals surface area contributed by atoms with E-state index in [1.807, 2.05) is 6.07 Å². The molecule has 3 aromatic rings. The number of amides is 1. The third-order valence-electron chi connectivity index (χ3n) is 7.94. The molecule has 226 valence electrons. The van der Waals surface area contributed by atoms with Gasteiger partial charge in [0.25, 0.3) is 0 Å². The van der Waals surface area contributed by atoms with Gasteiger partial charge in [-0.2, -0.15) is 0 Å². The van der Waals surface area contributed by atoms with Crippen LogP contribution < -0.4 is 25.3 Å². The second-order valence-electron chi connectivity index (χ2n) is 10.6. The van der Waals surface area contributed by atoms with Gasteiger partial charge in [0.15, 0.2) is 5.82 Å². The molecule has 0 spiro atoms. The maximum Gasteiger partial charge on any atom is 0.247 e. The number of hydroxylamine groups is 1. The summed E-state index contributed by atoms with van der Waals surface area (Å²) in [5, 5.41) is 7.29. The Kier molecular flexibility index (Phi) is 8.33. The van der Waals surface area contributed by atoms with Crippen LogP contribution in [0.1, 0.15) is 30.9 Å². The number of hydrogen-bond acceptors (Lipinski definition) is 9. The lowest BCUT2D eigenvalue weighted by Gasteiger charge is -2.37. The molecule has 2 aliphatic heterocycles. The number of anilines is 5. The first-order valence-corrected chi connectivity index (χ1v) is 14.5. The van der Waals surface area contributed by atoms with Crippen molar-refractivity contribution < 1.29 is 23.1 Å². The minimum atomic E-state index is -0.713. The first-order valence-electron chi connectivity index (χ1n) is 14.1. The summed E-state index contributed by atoms with van der Waals surface area (Å²) in [5.74, 6) is -0.430. The van der Waals surface area contributed by atoms with Gasteiger partial charge in [-0.1, -0.05) is 18.2 Å². The molecular weight excluding hydrogens is 580 g/mol. The van der Waals surface area contributed by atoms with Gasteiger partial charge in [0.2, 0.25) is 5.91 Å². The van der Waals surface area contributed by atoms with E-state index in [1.165, 1.54) is 30.3 Å². The summed E-state index contributed by atoms with van der Waals surface area (Å²) < 4.78 is 34.7. The molecule has 3 heterocycles. The van der Waals surface area contributed by atoms with Crippen LogP contribution in [0, 0.1) is 11.6 Å². The van der Waals surface area contributed by atoms with E-state index in [9.17, 15) is 13.6 Å². The summed E-state index contributed by atoms with van der Waals surface area (Å²) in [5.41, 5.74) is 2.00. The van der Waals surface area contributed by atoms with Crippen LogP contribution in [0.25, 0.3) is 0 Å². The highest BCUT2D eigenvalue weighted by Gasteiger charge is 2.34. The van der Waals surface area contributed by atoms with E-state index in [1.54, 1.807) is 19.2 Å². The van der Waals surface area contributed by atoms with E-state index >= 15 is 0 Å². The van der Waals surface area contributed by atoms with Crippen LogP contribution >= 0.6 is 11.6 Å². The Bertz CT molecular complexity index is 1530. The molecule has 13 heteroatoms. The van der Waals surface area contributed by atoms with Gasteiger partial charge in [0.05, 0.1) is 41.8 Å². The topological polar surface area (TPSA) is 95.1 Å². The SMILES string of the molecule is C=CC(=O)Nc1cc(Nc2cc(N3OCC[C@@H]3c3c(F)ccc(F)c3Cl)ncn2)c(OC)cc1N1CCN(C2CC2)CC1. The molecular formula is C30H32ClF2N7O3. The third-order valence-corrected chi connectivity index (χ3v) is 8.32. The molecule has 6 rings (SSSR count). The third kappa shape index (κ3) is 6.08. The molecule has 2 N–H and O–H groups in total. The first-order chi connectivity index (χ1) is 20.9. The number of aromatic nitrogens is 2. The van der Waals surface area contributed by atoms with Gasteiger partial charge in [-0.05, 0) is 37.1 Å². The molecule has 10 nitrogen and oxygen atoms in total. The van der Waals surface area contributed by atoms with Crippen molar-refractivity contribution in [2.75, 3.05) is 60.5 Å². The second kappa shape index (κ2) is 12.3. The van der Waals surface area contributed by atoms with E-state index in [2.05, 4.69) is 37.0 Å². The Hall–Kier alpha value is -4.00. The van der Waals surface area contributed by atoms with Crippen molar-refractivity contribution in [3.05, 3.63) is 71.5 Å². The predicted octanol–water partition coefficient (Wildman–Crippen LogP) is 5.45. The zero-order valence-electron chi connectivity index (χ0n) is 23.7. The van der Waals surface area contributed by atoms with Crippen molar-refractivity contribution in [3.63, 3.8) is 0 Å². The Morgan fingerprint density at radius 2 is 1.86 bits per heavy atom. The maximum absolute atomic E-state index is 14.8. The molecule has 3 fully saturated rings. The van der Waals surface area contributed by atoms with Crippen molar-refractivity contribution in [1.82, 2.24) is 14.9 Å². The van der Waals surface area contributed by atoms with Crippen LogP contribution in [0.2, 0.25) is 5.02 Å². The number of halogens is 3. The second-order valence-corrected chi connectivity index (χ2v) is 11.0.